The van der Waals surface area contributed by atoms with Gasteiger partial charge in [0.05, 0.1) is 31.6 Å². The van der Waals surface area contributed by atoms with Gasteiger partial charge in [0.1, 0.15) is 0 Å². The number of ketones is 1. The first-order valence-electron chi connectivity index (χ1n) is 8.82. The molecule has 0 bridgehead atoms. The Bertz CT molecular complexity index is 889. The topological polar surface area (TPSA) is 59.6 Å². The molecule has 0 fully saturated rings. The number of carbonyl (C=O) groups excluding carboxylic acids is 1. The standard InChI is InChI=1S/C21H22N2O3/c1-25-18-11-10-13(12-19(18)26-2)21-20-16(8-5-9-17(20)24)22-14-6-3-4-7-15(14)23-21/h3-4,6-7,10-12,21-23H,5,8-9H2,1-2H3. The molecule has 5 heteroatoms. The molecule has 0 saturated carbocycles. The highest BCUT2D eigenvalue weighted by molar-refractivity contribution is 6.00. The van der Waals surface area contributed by atoms with E-state index in [1.165, 1.54) is 0 Å². The van der Waals surface area contributed by atoms with Gasteiger partial charge in [-0.05, 0) is 42.7 Å². The lowest BCUT2D eigenvalue weighted by molar-refractivity contribution is -0.116. The smallest absolute Gasteiger partial charge is 0.163 e. The van der Waals surface area contributed by atoms with Crippen molar-refractivity contribution in [2.75, 3.05) is 24.9 Å². The Morgan fingerprint density at radius 2 is 1.73 bits per heavy atom. The van der Waals surface area contributed by atoms with E-state index in [0.717, 1.165) is 41.1 Å². The largest absolute Gasteiger partial charge is 0.493 e. The van der Waals surface area contributed by atoms with Gasteiger partial charge in [-0.15, -0.1) is 0 Å². The summed E-state index contributed by atoms with van der Waals surface area (Å²) in [5.74, 6) is 1.52. The predicted octanol–water partition coefficient (Wildman–Crippen LogP) is 4.29. The Labute approximate surface area is 153 Å². The lowest BCUT2D eigenvalue weighted by Gasteiger charge is -2.26. The Morgan fingerprint density at radius 3 is 2.50 bits per heavy atom. The van der Waals surface area contributed by atoms with Crippen LogP contribution in [0.15, 0.2) is 53.7 Å². The zero-order valence-corrected chi connectivity index (χ0v) is 15.0. The summed E-state index contributed by atoms with van der Waals surface area (Å²) in [7, 11) is 3.24. The number of para-hydroxylation sites is 2. The molecular weight excluding hydrogens is 328 g/mol. The SMILES string of the molecule is COc1ccc(C2Nc3ccccc3NC3=C2C(=O)CCC3)cc1OC. The Morgan fingerprint density at radius 1 is 0.962 bits per heavy atom. The third kappa shape index (κ3) is 2.79. The third-order valence-corrected chi connectivity index (χ3v) is 5.00. The van der Waals surface area contributed by atoms with E-state index in [4.69, 9.17) is 9.47 Å². The van der Waals surface area contributed by atoms with Crippen LogP contribution in [0.3, 0.4) is 0 Å². The lowest BCUT2D eigenvalue weighted by Crippen LogP contribution is -2.23. The average Bonchev–Trinajstić information content (AvgIpc) is 2.84. The first-order chi connectivity index (χ1) is 12.7. The summed E-state index contributed by atoms with van der Waals surface area (Å²) in [4.78, 5) is 12.8. The minimum absolute atomic E-state index is 0.193. The molecule has 2 aromatic rings. The maximum atomic E-state index is 12.8. The molecule has 1 atom stereocenters. The van der Waals surface area contributed by atoms with Gasteiger partial charge >= 0.3 is 0 Å². The molecule has 134 valence electrons. The number of carbonyl (C=O) groups is 1. The van der Waals surface area contributed by atoms with Gasteiger partial charge in [-0.2, -0.15) is 0 Å². The summed E-state index contributed by atoms with van der Waals surface area (Å²) in [5.41, 5.74) is 4.79. The van der Waals surface area contributed by atoms with E-state index in [1.807, 2.05) is 42.5 Å². The minimum atomic E-state index is -0.228. The Kier molecular flexibility index (Phi) is 4.29. The van der Waals surface area contributed by atoms with E-state index in [-0.39, 0.29) is 11.8 Å². The Hall–Kier alpha value is -2.95. The number of rotatable bonds is 3. The van der Waals surface area contributed by atoms with Crippen LogP contribution in [0.4, 0.5) is 11.4 Å². The van der Waals surface area contributed by atoms with Crippen molar-refractivity contribution in [2.45, 2.75) is 25.3 Å². The zero-order chi connectivity index (χ0) is 18.1. The van der Waals surface area contributed by atoms with Gasteiger partial charge in [0, 0.05) is 17.7 Å². The summed E-state index contributed by atoms with van der Waals surface area (Å²) >= 11 is 0. The average molecular weight is 350 g/mol. The summed E-state index contributed by atoms with van der Waals surface area (Å²) in [6, 6.07) is 13.6. The zero-order valence-electron chi connectivity index (χ0n) is 15.0. The highest BCUT2D eigenvalue weighted by Gasteiger charge is 2.32. The van der Waals surface area contributed by atoms with Gasteiger partial charge in [-0.3, -0.25) is 4.79 Å². The molecule has 26 heavy (non-hydrogen) atoms. The van der Waals surface area contributed by atoms with Gasteiger partial charge in [0.2, 0.25) is 0 Å². The number of ether oxygens (including phenoxy) is 2. The van der Waals surface area contributed by atoms with Crippen LogP contribution in [0.25, 0.3) is 0 Å². The lowest BCUT2D eigenvalue weighted by atomic mass is 9.86. The molecule has 0 saturated heterocycles. The van der Waals surface area contributed by atoms with Crippen LogP contribution in [0, 0.1) is 0 Å². The first-order valence-corrected chi connectivity index (χ1v) is 8.82. The molecule has 1 aliphatic heterocycles. The van der Waals surface area contributed by atoms with E-state index >= 15 is 0 Å². The maximum Gasteiger partial charge on any atom is 0.163 e. The highest BCUT2D eigenvalue weighted by Crippen LogP contribution is 2.42. The fourth-order valence-corrected chi connectivity index (χ4v) is 3.72. The van der Waals surface area contributed by atoms with E-state index in [9.17, 15) is 4.79 Å². The minimum Gasteiger partial charge on any atom is -0.493 e. The van der Waals surface area contributed by atoms with E-state index in [2.05, 4.69) is 10.6 Å². The van der Waals surface area contributed by atoms with Crippen molar-refractivity contribution < 1.29 is 14.3 Å². The van der Waals surface area contributed by atoms with Crippen molar-refractivity contribution in [1.29, 1.82) is 0 Å². The quantitative estimate of drug-likeness (QED) is 0.865. The van der Waals surface area contributed by atoms with Gasteiger partial charge in [0.25, 0.3) is 0 Å². The van der Waals surface area contributed by atoms with Crippen molar-refractivity contribution in [3.8, 4) is 11.5 Å². The molecule has 2 N–H and O–H groups in total. The van der Waals surface area contributed by atoms with E-state index in [0.29, 0.717) is 17.9 Å². The number of benzene rings is 2. The third-order valence-electron chi connectivity index (χ3n) is 5.00. The molecule has 1 unspecified atom stereocenters. The molecule has 5 nitrogen and oxygen atoms in total. The summed E-state index contributed by atoms with van der Waals surface area (Å²) < 4.78 is 10.8. The number of hydrogen-bond acceptors (Lipinski definition) is 5. The molecule has 0 amide bonds. The monoisotopic (exact) mass is 350 g/mol. The van der Waals surface area contributed by atoms with Crippen molar-refractivity contribution in [3.05, 3.63) is 59.3 Å². The van der Waals surface area contributed by atoms with Crippen LogP contribution in [0.1, 0.15) is 30.9 Å². The van der Waals surface area contributed by atoms with Crippen molar-refractivity contribution >= 4 is 17.2 Å². The molecule has 1 aliphatic carbocycles. The molecule has 4 rings (SSSR count). The number of hydrogen-bond donors (Lipinski definition) is 2. The maximum absolute atomic E-state index is 12.8. The number of fused-ring (bicyclic) bond motifs is 1. The van der Waals surface area contributed by atoms with Crippen LogP contribution < -0.4 is 20.1 Å². The van der Waals surface area contributed by atoms with Gasteiger partial charge in [-0.25, -0.2) is 0 Å². The number of anilines is 2. The van der Waals surface area contributed by atoms with E-state index < -0.39 is 0 Å². The van der Waals surface area contributed by atoms with Crippen LogP contribution in [-0.2, 0) is 4.79 Å². The van der Waals surface area contributed by atoms with Gasteiger partial charge in [0.15, 0.2) is 17.3 Å². The summed E-state index contributed by atoms with van der Waals surface area (Å²) in [6.07, 6.45) is 2.34. The number of methoxy groups -OCH3 is 2. The fraction of sp³-hybridized carbons (Fsp3) is 0.286. The fourth-order valence-electron chi connectivity index (χ4n) is 3.72. The molecule has 0 radical (unpaired) electrons. The highest BCUT2D eigenvalue weighted by atomic mass is 16.5. The molecule has 2 aliphatic rings. The number of nitrogens with one attached hydrogen (secondary N) is 2. The molecule has 1 heterocycles. The van der Waals surface area contributed by atoms with Crippen molar-refractivity contribution in [1.82, 2.24) is 0 Å². The number of Topliss-reactive ketones (excluding diaryl/α,β-unsaturated/α-hetero) is 1. The van der Waals surface area contributed by atoms with Gasteiger partial charge in [-0.1, -0.05) is 18.2 Å². The Balaban J connectivity index is 1.86. The second-order valence-electron chi connectivity index (χ2n) is 6.53. The summed E-state index contributed by atoms with van der Waals surface area (Å²) in [6.45, 7) is 0. The predicted molar refractivity (Wildman–Crippen MR) is 102 cm³/mol. The molecular formula is C21H22N2O3. The molecule has 0 spiro atoms. The number of allylic oxidation sites excluding steroid dienone is 1. The second-order valence-corrected chi connectivity index (χ2v) is 6.53. The van der Waals surface area contributed by atoms with Crippen LogP contribution in [0.5, 0.6) is 11.5 Å². The van der Waals surface area contributed by atoms with Crippen molar-refractivity contribution in [3.63, 3.8) is 0 Å². The van der Waals surface area contributed by atoms with Gasteiger partial charge < -0.3 is 20.1 Å². The van der Waals surface area contributed by atoms with Crippen LogP contribution in [0.2, 0.25) is 0 Å². The van der Waals surface area contributed by atoms with Crippen molar-refractivity contribution in [2.24, 2.45) is 0 Å². The molecule has 2 aromatic carbocycles. The molecule has 0 aromatic heterocycles. The first kappa shape index (κ1) is 16.5. The second kappa shape index (κ2) is 6.75. The van der Waals surface area contributed by atoms with Crippen LogP contribution >= 0.6 is 0 Å². The summed E-state index contributed by atoms with van der Waals surface area (Å²) in [5, 5.41) is 7.04. The normalized spacial score (nSPS) is 18.8. The van der Waals surface area contributed by atoms with Crippen LogP contribution in [-0.4, -0.2) is 20.0 Å². The van der Waals surface area contributed by atoms with E-state index in [1.54, 1.807) is 14.2 Å².